The first-order valence-electron chi connectivity index (χ1n) is 8.52. The lowest BCUT2D eigenvalue weighted by Crippen LogP contribution is -2.25. The quantitative estimate of drug-likeness (QED) is 0.764. The van der Waals surface area contributed by atoms with E-state index in [2.05, 4.69) is 5.32 Å². The molecule has 1 aliphatic heterocycles. The zero-order chi connectivity index (χ0) is 19.4. The Bertz CT molecular complexity index is 834. The summed E-state index contributed by atoms with van der Waals surface area (Å²) in [5, 5.41) is 1.56. The predicted molar refractivity (Wildman–Crippen MR) is 100 cm³/mol. The van der Waals surface area contributed by atoms with Crippen LogP contribution in [0.3, 0.4) is 0 Å². The maximum atomic E-state index is 13.4. The van der Waals surface area contributed by atoms with Crippen LogP contribution in [-0.4, -0.2) is 23.0 Å². The third kappa shape index (κ3) is 5.29. The van der Waals surface area contributed by atoms with E-state index in [1.807, 2.05) is 12.1 Å². The molecule has 0 spiro atoms. The summed E-state index contributed by atoms with van der Waals surface area (Å²) < 4.78 is 32.4. The third-order valence-electron chi connectivity index (χ3n) is 4.20. The number of amides is 2. The molecule has 1 atom stereocenters. The van der Waals surface area contributed by atoms with Crippen LogP contribution in [0.25, 0.3) is 0 Å². The Labute approximate surface area is 160 Å². The largest absolute Gasteiger partial charge is 0.493 e. The van der Waals surface area contributed by atoms with Gasteiger partial charge in [-0.1, -0.05) is 42.1 Å². The van der Waals surface area contributed by atoms with Crippen molar-refractivity contribution in [3.63, 3.8) is 0 Å². The van der Waals surface area contributed by atoms with Gasteiger partial charge in [0.15, 0.2) is 0 Å². The summed E-state index contributed by atoms with van der Waals surface area (Å²) in [6, 6.07) is 13.6. The summed E-state index contributed by atoms with van der Waals surface area (Å²) in [6.07, 6.45) is 0.993. The van der Waals surface area contributed by atoms with Crippen LogP contribution in [0, 0.1) is 0 Å². The summed E-state index contributed by atoms with van der Waals surface area (Å²) in [7, 11) is 0. The monoisotopic (exact) mass is 391 g/mol. The third-order valence-corrected chi connectivity index (χ3v) is 5.19. The number of benzene rings is 2. The van der Waals surface area contributed by atoms with Crippen LogP contribution in [0.2, 0.25) is 0 Å². The number of hydrogen-bond donors (Lipinski definition) is 1. The fourth-order valence-electron chi connectivity index (χ4n) is 2.75. The number of hydrogen-bond acceptors (Lipinski definition) is 4. The molecule has 27 heavy (non-hydrogen) atoms. The molecule has 1 saturated heterocycles. The van der Waals surface area contributed by atoms with Crippen LogP contribution in [0.15, 0.2) is 48.5 Å². The van der Waals surface area contributed by atoms with Gasteiger partial charge >= 0.3 is 0 Å². The number of thioether (sulfide) groups is 1. The number of halogens is 2. The molecule has 0 aromatic heterocycles. The number of ether oxygens (including phenoxy) is 1. The van der Waals surface area contributed by atoms with E-state index in [-0.39, 0.29) is 16.7 Å². The molecule has 2 aromatic carbocycles. The lowest BCUT2D eigenvalue weighted by Gasteiger charge is -2.12. The van der Waals surface area contributed by atoms with Crippen molar-refractivity contribution in [1.82, 2.24) is 5.32 Å². The van der Waals surface area contributed by atoms with Crippen molar-refractivity contribution >= 4 is 22.9 Å². The van der Waals surface area contributed by atoms with Gasteiger partial charge in [0, 0.05) is 18.9 Å². The fraction of sp³-hybridized carbons (Fsp3) is 0.300. The Hall–Kier alpha value is -2.41. The summed E-state index contributed by atoms with van der Waals surface area (Å²) in [6.45, 7) is 1.25. The summed E-state index contributed by atoms with van der Waals surface area (Å²) in [5.74, 6) is -2.45. The molecule has 7 heteroatoms. The molecule has 142 valence electrons. The van der Waals surface area contributed by atoms with Gasteiger partial charge in [0.25, 0.3) is 11.2 Å². The van der Waals surface area contributed by atoms with Gasteiger partial charge in [-0.2, -0.15) is 0 Å². The topological polar surface area (TPSA) is 55.4 Å². The zero-order valence-corrected chi connectivity index (χ0v) is 15.5. The minimum absolute atomic E-state index is 0.00310. The molecule has 2 aromatic rings. The Morgan fingerprint density at radius 3 is 2.48 bits per heavy atom. The Balaban J connectivity index is 1.51. The van der Waals surface area contributed by atoms with Crippen molar-refractivity contribution in [2.75, 3.05) is 6.61 Å². The second kappa shape index (κ2) is 8.08. The molecule has 0 bridgehead atoms. The Morgan fingerprint density at radius 2 is 1.85 bits per heavy atom. The van der Waals surface area contributed by atoms with Gasteiger partial charge in [-0.05, 0) is 35.7 Å². The average molecular weight is 391 g/mol. The van der Waals surface area contributed by atoms with E-state index in [0.29, 0.717) is 25.2 Å². The van der Waals surface area contributed by atoms with Crippen molar-refractivity contribution in [3.8, 4) is 5.75 Å². The number of alkyl halides is 2. The van der Waals surface area contributed by atoms with E-state index in [1.165, 1.54) is 12.1 Å². The minimum atomic E-state index is -2.86. The van der Waals surface area contributed by atoms with Crippen LogP contribution in [0.4, 0.5) is 13.6 Å². The molecular formula is C20H19F2NO3S. The van der Waals surface area contributed by atoms with Gasteiger partial charge in [-0.25, -0.2) is 8.78 Å². The van der Waals surface area contributed by atoms with Gasteiger partial charge < -0.3 is 4.74 Å². The lowest BCUT2D eigenvalue weighted by atomic mass is 10.0. The van der Waals surface area contributed by atoms with Gasteiger partial charge in [0.05, 0.1) is 11.9 Å². The van der Waals surface area contributed by atoms with Crippen molar-refractivity contribution < 1.29 is 23.1 Å². The molecule has 2 amide bonds. The summed E-state index contributed by atoms with van der Waals surface area (Å²) in [5.41, 5.74) is 1.72. The molecule has 0 aliphatic carbocycles. The van der Waals surface area contributed by atoms with Crippen molar-refractivity contribution in [2.24, 2.45) is 0 Å². The molecular weight excluding hydrogens is 372 g/mol. The molecule has 1 heterocycles. The van der Waals surface area contributed by atoms with Crippen LogP contribution >= 0.6 is 11.8 Å². The molecule has 1 unspecified atom stereocenters. The molecule has 4 nitrogen and oxygen atoms in total. The summed E-state index contributed by atoms with van der Waals surface area (Å²) >= 11 is 1.00. The molecule has 0 radical (unpaired) electrons. The highest BCUT2D eigenvalue weighted by molar-refractivity contribution is 8.15. The SMILES string of the molecule is CC(F)(F)c1cccc(CCOc2ccc(CC3SC(=O)NC3=O)cc2)c1. The molecule has 0 saturated carbocycles. The molecule has 3 rings (SSSR count). The van der Waals surface area contributed by atoms with E-state index < -0.39 is 11.2 Å². The van der Waals surface area contributed by atoms with Crippen molar-refractivity contribution in [1.29, 1.82) is 0 Å². The Morgan fingerprint density at radius 1 is 1.11 bits per heavy atom. The molecule has 1 N–H and O–H groups in total. The fourth-order valence-corrected chi connectivity index (χ4v) is 3.61. The van der Waals surface area contributed by atoms with Crippen molar-refractivity contribution in [3.05, 3.63) is 65.2 Å². The van der Waals surface area contributed by atoms with E-state index in [4.69, 9.17) is 4.74 Å². The number of carbonyl (C=O) groups excluding carboxylic acids is 2. The number of imide groups is 1. The number of rotatable bonds is 7. The van der Waals surface area contributed by atoms with Crippen LogP contribution in [0.1, 0.15) is 23.6 Å². The average Bonchev–Trinajstić information content (AvgIpc) is 2.93. The van der Waals surface area contributed by atoms with Gasteiger partial charge in [-0.3, -0.25) is 14.9 Å². The van der Waals surface area contributed by atoms with Gasteiger partial charge in [0.2, 0.25) is 5.91 Å². The molecule has 1 aliphatic rings. The normalized spacial score (nSPS) is 17.1. The van der Waals surface area contributed by atoms with Crippen molar-refractivity contribution in [2.45, 2.75) is 30.9 Å². The standard InChI is InChI=1S/C20H19F2NO3S/c1-20(21,22)15-4-2-3-13(11-15)9-10-26-16-7-5-14(6-8-16)12-17-18(24)23-19(25)27-17/h2-8,11,17H,9-10,12H2,1H3,(H,23,24,25). The zero-order valence-electron chi connectivity index (χ0n) is 14.7. The van der Waals surface area contributed by atoms with Gasteiger partial charge in [0.1, 0.15) is 5.75 Å². The first-order chi connectivity index (χ1) is 12.8. The Kier molecular flexibility index (Phi) is 5.79. The van der Waals surface area contributed by atoms with Gasteiger partial charge in [-0.15, -0.1) is 0 Å². The van der Waals surface area contributed by atoms with E-state index in [9.17, 15) is 18.4 Å². The highest BCUT2D eigenvalue weighted by atomic mass is 32.2. The minimum Gasteiger partial charge on any atom is -0.493 e. The summed E-state index contributed by atoms with van der Waals surface area (Å²) in [4.78, 5) is 22.8. The second-order valence-corrected chi connectivity index (χ2v) is 7.59. The first-order valence-corrected chi connectivity index (χ1v) is 9.40. The lowest BCUT2D eigenvalue weighted by molar-refractivity contribution is -0.118. The maximum absolute atomic E-state index is 13.4. The van der Waals surface area contributed by atoms with Crippen LogP contribution in [-0.2, 0) is 23.6 Å². The number of carbonyl (C=O) groups is 2. The first kappa shape index (κ1) is 19.4. The second-order valence-electron chi connectivity index (χ2n) is 6.42. The van der Waals surface area contributed by atoms with E-state index in [1.54, 1.807) is 24.3 Å². The maximum Gasteiger partial charge on any atom is 0.286 e. The smallest absolute Gasteiger partial charge is 0.286 e. The highest BCUT2D eigenvalue weighted by Crippen LogP contribution is 2.27. The van der Waals surface area contributed by atoms with E-state index >= 15 is 0 Å². The van der Waals surface area contributed by atoms with E-state index in [0.717, 1.165) is 29.8 Å². The van der Waals surface area contributed by atoms with Crippen LogP contribution < -0.4 is 10.1 Å². The van der Waals surface area contributed by atoms with Crippen LogP contribution in [0.5, 0.6) is 5.75 Å². The highest BCUT2D eigenvalue weighted by Gasteiger charge is 2.31. The number of nitrogens with one attached hydrogen (secondary N) is 1. The predicted octanol–water partition coefficient (Wildman–Crippen LogP) is 4.31. The molecule has 1 fully saturated rings.